The molecule has 2 aromatic heterocycles. The molecule has 1 aliphatic heterocycles. The molecule has 4 bridgehead atoms. The van der Waals surface area contributed by atoms with Crippen molar-refractivity contribution in [2.75, 3.05) is 38.2 Å². The highest BCUT2D eigenvalue weighted by Gasteiger charge is 2.12. The van der Waals surface area contributed by atoms with Crippen LogP contribution in [0.15, 0.2) is 42.7 Å². The summed E-state index contributed by atoms with van der Waals surface area (Å²) in [6.45, 7) is 3.25. The van der Waals surface area contributed by atoms with Crippen LogP contribution in [0.3, 0.4) is 0 Å². The molecule has 0 saturated carbocycles. The number of likely N-dealkylation sites (N-methyl/N-ethyl adjacent to an activating group) is 1. The first-order valence-electron chi connectivity index (χ1n) is 7.81. The van der Waals surface area contributed by atoms with Crippen molar-refractivity contribution in [3.8, 4) is 16.9 Å². The molecule has 4 rings (SSSR count). The Balaban J connectivity index is 1.85. The summed E-state index contributed by atoms with van der Waals surface area (Å²) >= 11 is 0. The highest BCUT2D eigenvalue weighted by Crippen LogP contribution is 2.27. The molecule has 6 nitrogen and oxygen atoms in total. The fourth-order valence-electron chi connectivity index (χ4n) is 2.76. The first-order valence-corrected chi connectivity index (χ1v) is 7.81. The Labute approximate surface area is 134 Å². The van der Waals surface area contributed by atoms with Gasteiger partial charge in [-0.2, -0.15) is 5.10 Å². The molecule has 23 heavy (non-hydrogen) atoms. The van der Waals surface area contributed by atoms with Crippen LogP contribution in [-0.2, 0) is 0 Å². The molecule has 118 valence electrons. The molecule has 0 unspecified atom stereocenters. The van der Waals surface area contributed by atoms with E-state index in [0.717, 1.165) is 48.0 Å². The van der Waals surface area contributed by atoms with Crippen molar-refractivity contribution >= 4 is 11.5 Å². The van der Waals surface area contributed by atoms with Gasteiger partial charge in [-0.05, 0) is 23.8 Å². The maximum atomic E-state index is 5.82. The largest absolute Gasteiger partial charge is 0.492 e. The Morgan fingerprint density at radius 2 is 2.17 bits per heavy atom. The summed E-state index contributed by atoms with van der Waals surface area (Å²) in [5.74, 6) is 1.82. The zero-order valence-electron chi connectivity index (χ0n) is 13.1. The van der Waals surface area contributed by atoms with Crippen molar-refractivity contribution in [3.05, 3.63) is 42.7 Å². The van der Waals surface area contributed by atoms with Gasteiger partial charge in [-0.3, -0.25) is 0 Å². The van der Waals surface area contributed by atoms with Crippen molar-refractivity contribution in [2.45, 2.75) is 0 Å². The number of ether oxygens (including phenoxy) is 1. The highest BCUT2D eigenvalue weighted by molar-refractivity contribution is 5.78. The summed E-state index contributed by atoms with van der Waals surface area (Å²) in [4.78, 5) is 6.94. The second-order valence-corrected chi connectivity index (χ2v) is 5.66. The van der Waals surface area contributed by atoms with Gasteiger partial charge in [0.25, 0.3) is 0 Å². The molecular weight excluding hydrogens is 290 g/mol. The minimum absolute atomic E-state index is 0.653. The van der Waals surface area contributed by atoms with Gasteiger partial charge in [0.05, 0.1) is 6.20 Å². The molecule has 1 N–H and O–H groups in total. The summed E-state index contributed by atoms with van der Waals surface area (Å²) in [7, 11) is 2.06. The average Bonchev–Trinajstić information content (AvgIpc) is 3.00. The van der Waals surface area contributed by atoms with E-state index in [1.54, 1.807) is 0 Å². The fourth-order valence-corrected chi connectivity index (χ4v) is 2.76. The lowest BCUT2D eigenvalue weighted by molar-refractivity contribution is 0.315. The molecule has 1 aromatic carbocycles. The van der Waals surface area contributed by atoms with Gasteiger partial charge in [0.1, 0.15) is 18.2 Å². The smallest absolute Gasteiger partial charge is 0.165 e. The SMILES string of the molecule is CN1CCNCCOc2cccc(c2)-c2cnn3ccc1nc23. The predicted octanol–water partition coefficient (Wildman–Crippen LogP) is 1.81. The van der Waals surface area contributed by atoms with Gasteiger partial charge in [-0.15, -0.1) is 0 Å². The number of aromatic nitrogens is 3. The van der Waals surface area contributed by atoms with Crippen LogP contribution < -0.4 is 15.0 Å². The quantitative estimate of drug-likeness (QED) is 0.686. The first-order chi connectivity index (χ1) is 11.3. The Morgan fingerprint density at radius 3 is 3.13 bits per heavy atom. The van der Waals surface area contributed by atoms with E-state index >= 15 is 0 Å². The molecular formula is C17H19N5O. The summed E-state index contributed by atoms with van der Waals surface area (Å²) in [6.07, 6.45) is 3.82. The van der Waals surface area contributed by atoms with Crippen LogP contribution in [0.1, 0.15) is 0 Å². The molecule has 0 radical (unpaired) electrons. The van der Waals surface area contributed by atoms with Gasteiger partial charge in [-0.1, -0.05) is 12.1 Å². The summed E-state index contributed by atoms with van der Waals surface area (Å²) < 4.78 is 7.63. The second-order valence-electron chi connectivity index (χ2n) is 5.66. The Morgan fingerprint density at radius 1 is 1.22 bits per heavy atom. The standard InChI is InChI=1S/C17H19N5O/c1-21-9-6-18-7-10-23-14-4-2-3-13(11-14)15-12-19-22-8-5-16(21)20-17(15)22/h2-5,8,11-12,18H,6-7,9-10H2,1H3. The van der Waals surface area contributed by atoms with E-state index in [4.69, 9.17) is 9.72 Å². The molecule has 1 aliphatic rings. The van der Waals surface area contributed by atoms with E-state index in [1.165, 1.54) is 0 Å². The van der Waals surface area contributed by atoms with E-state index in [0.29, 0.717) is 6.61 Å². The molecule has 3 heterocycles. The van der Waals surface area contributed by atoms with E-state index < -0.39 is 0 Å². The maximum Gasteiger partial charge on any atom is 0.165 e. The maximum absolute atomic E-state index is 5.82. The first kappa shape index (κ1) is 14.0. The molecule has 0 saturated heterocycles. The van der Waals surface area contributed by atoms with E-state index in [1.807, 2.05) is 41.2 Å². The number of fused-ring (bicyclic) bond motifs is 4. The Hall–Kier alpha value is -2.60. The predicted molar refractivity (Wildman–Crippen MR) is 90.1 cm³/mol. The molecule has 3 aromatic rings. The second kappa shape index (κ2) is 5.89. The molecule has 0 aliphatic carbocycles. The van der Waals surface area contributed by atoms with Crippen LogP contribution in [0, 0.1) is 0 Å². The fraction of sp³-hybridized carbons (Fsp3) is 0.294. The molecule has 0 fully saturated rings. The number of hydrogen-bond acceptors (Lipinski definition) is 5. The van der Waals surface area contributed by atoms with Crippen LogP contribution in [0.4, 0.5) is 5.82 Å². The van der Waals surface area contributed by atoms with Crippen molar-refractivity contribution in [1.82, 2.24) is 19.9 Å². The minimum atomic E-state index is 0.653. The lowest BCUT2D eigenvalue weighted by Gasteiger charge is -2.19. The third-order valence-corrected chi connectivity index (χ3v) is 4.06. The monoisotopic (exact) mass is 309 g/mol. The number of rotatable bonds is 0. The van der Waals surface area contributed by atoms with Gasteiger partial charge in [-0.25, -0.2) is 9.50 Å². The van der Waals surface area contributed by atoms with Crippen LogP contribution in [0.2, 0.25) is 0 Å². The van der Waals surface area contributed by atoms with Gasteiger partial charge >= 0.3 is 0 Å². The van der Waals surface area contributed by atoms with Gasteiger partial charge < -0.3 is 15.0 Å². The normalized spacial score (nSPS) is 15.4. The third kappa shape index (κ3) is 2.73. The lowest BCUT2D eigenvalue weighted by Crippen LogP contribution is -2.32. The van der Waals surface area contributed by atoms with Crippen LogP contribution in [-0.4, -0.2) is 47.9 Å². The van der Waals surface area contributed by atoms with Gasteiger partial charge in [0.2, 0.25) is 0 Å². The third-order valence-electron chi connectivity index (χ3n) is 4.06. The number of hydrogen-bond donors (Lipinski definition) is 1. The van der Waals surface area contributed by atoms with Crippen molar-refractivity contribution in [1.29, 1.82) is 0 Å². The van der Waals surface area contributed by atoms with E-state index in [9.17, 15) is 0 Å². The summed E-state index contributed by atoms with van der Waals surface area (Å²) in [5, 5.41) is 7.80. The van der Waals surface area contributed by atoms with Crippen molar-refractivity contribution < 1.29 is 4.74 Å². The zero-order chi connectivity index (χ0) is 15.6. The minimum Gasteiger partial charge on any atom is -0.492 e. The van der Waals surface area contributed by atoms with Gasteiger partial charge in [0, 0.05) is 38.4 Å². The number of anilines is 1. The average molecular weight is 309 g/mol. The van der Waals surface area contributed by atoms with Crippen LogP contribution in [0.25, 0.3) is 16.8 Å². The molecule has 0 atom stereocenters. The van der Waals surface area contributed by atoms with Crippen LogP contribution in [0.5, 0.6) is 5.75 Å². The van der Waals surface area contributed by atoms with Crippen molar-refractivity contribution in [3.63, 3.8) is 0 Å². The summed E-state index contributed by atoms with van der Waals surface area (Å²) in [6, 6.07) is 10.1. The summed E-state index contributed by atoms with van der Waals surface area (Å²) in [5.41, 5.74) is 2.94. The molecule has 0 amide bonds. The Bertz CT molecular complexity index is 829. The van der Waals surface area contributed by atoms with Crippen molar-refractivity contribution in [2.24, 2.45) is 0 Å². The van der Waals surface area contributed by atoms with Gasteiger partial charge in [0.15, 0.2) is 5.65 Å². The van der Waals surface area contributed by atoms with Crippen LogP contribution >= 0.6 is 0 Å². The number of benzene rings is 1. The van der Waals surface area contributed by atoms with E-state index in [-0.39, 0.29) is 0 Å². The highest BCUT2D eigenvalue weighted by atomic mass is 16.5. The topological polar surface area (TPSA) is 54.7 Å². The number of nitrogens with one attached hydrogen (secondary N) is 1. The zero-order valence-corrected chi connectivity index (χ0v) is 13.1. The lowest BCUT2D eigenvalue weighted by atomic mass is 10.1. The van der Waals surface area contributed by atoms with E-state index in [2.05, 4.69) is 28.4 Å². The molecule has 6 heteroatoms. The number of nitrogens with zero attached hydrogens (tertiary/aromatic N) is 4. The Kier molecular flexibility index (Phi) is 3.59. The molecule has 0 spiro atoms.